The normalized spacial score (nSPS) is 15.6. The lowest BCUT2D eigenvalue weighted by molar-refractivity contribution is -0.138. The molecule has 9 nitrogen and oxygen atoms in total. The quantitative estimate of drug-likeness (QED) is 0.238. The third kappa shape index (κ3) is 6.14. The van der Waals surface area contributed by atoms with E-state index in [1.165, 1.54) is 30.3 Å². The lowest BCUT2D eigenvalue weighted by atomic mass is 10.1. The molecule has 3 aromatic carbocycles. The van der Waals surface area contributed by atoms with Crippen molar-refractivity contribution in [1.29, 1.82) is 0 Å². The van der Waals surface area contributed by atoms with Crippen molar-refractivity contribution in [3.63, 3.8) is 0 Å². The van der Waals surface area contributed by atoms with E-state index in [2.05, 4.69) is 10.1 Å². The first-order chi connectivity index (χ1) is 20.1. The van der Waals surface area contributed by atoms with E-state index in [0.717, 1.165) is 28.6 Å². The molecule has 0 spiro atoms. The number of aromatic nitrogens is 2. The number of hydrogen-bond acceptors (Lipinski definition) is 7. The Balaban J connectivity index is 1.57. The third-order valence-electron chi connectivity index (χ3n) is 6.47. The zero-order valence-electron chi connectivity index (χ0n) is 21.6. The zero-order chi connectivity index (χ0) is 31.2. The summed E-state index contributed by atoms with van der Waals surface area (Å²) in [6.45, 7) is -0.446. The molecule has 0 fully saturated rings. The van der Waals surface area contributed by atoms with Gasteiger partial charge in [-0.05, 0) is 55.0 Å². The summed E-state index contributed by atoms with van der Waals surface area (Å²) in [6.07, 6.45) is -11.0. The van der Waals surface area contributed by atoms with Crippen molar-refractivity contribution in [2.75, 3.05) is 10.8 Å². The number of alkyl halides is 6. The average Bonchev–Trinajstić information content (AvgIpc) is 3.45. The summed E-state index contributed by atoms with van der Waals surface area (Å²) in [5.41, 5.74) is -2.64. The molecule has 1 atom stereocenters. The molecule has 5 rings (SSSR count). The van der Waals surface area contributed by atoms with Gasteiger partial charge in [0.2, 0.25) is 5.82 Å². The van der Waals surface area contributed by atoms with Crippen LogP contribution in [0.4, 0.5) is 32.0 Å². The predicted molar refractivity (Wildman–Crippen MR) is 137 cm³/mol. The standard InChI is InChI=1S/C27H19F6N3O6S/c28-26(29,30)16-4-3-5-18(13-16)43(39,40)36-14-17(9-11-23(37)38)41-22-10-8-15(12-21(22)36)24-34-25(42-35-24)19-6-1-2-7-20(19)27(31,32)33/h1-8,10,12-13,17H,9,11,14H2,(H,37,38). The monoisotopic (exact) mass is 627 g/mol. The van der Waals surface area contributed by atoms with E-state index in [0.29, 0.717) is 12.1 Å². The smallest absolute Gasteiger partial charge is 0.417 e. The maximum absolute atomic E-state index is 13.7. The SMILES string of the molecule is O=C(O)CCC1CN(S(=O)(=O)c2cccc(C(F)(F)F)c2)c2cc(-c3noc(-c4ccccc4C(F)(F)F)n3)ccc2O1. The number of carbonyl (C=O) groups is 1. The first-order valence-electron chi connectivity index (χ1n) is 12.4. The van der Waals surface area contributed by atoms with Crippen molar-refractivity contribution in [2.24, 2.45) is 0 Å². The Morgan fingerprint density at radius 3 is 2.42 bits per heavy atom. The van der Waals surface area contributed by atoms with Gasteiger partial charge in [-0.15, -0.1) is 0 Å². The Morgan fingerprint density at radius 1 is 0.977 bits per heavy atom. The van der Waals surface area contributed by atoms with E-state index in [1.807, 2.05) is 0 Å². The first-order valence-corrected chi connectivity index (χ1v) is 13.8. The molecule has 0 amide bonds. The Labute approximate surface area is 239 Å². The Hall–Kier alpha value is -4.60. The number of fused-ring (bicyclic) bond motifs is 1. The summed E-state index contributed by atoms with van der Waals surface area (Å²) in [7, 11) is -4.67. The molecule has 1 unspecified atom stereocenters. The number of aliphatic carboxylic acids is 1. The Bertz CT molecular complexity index is 1790. The van der Waals surface area contributed by atoms with Gasteiger partial charge in [0.05, 0.1) is 33.8 Å². The van der Waals surface area contributed by atoms with E-state index >= 15 is 0 Å². The number of halogens is 6. The van der Waals surface area contributed by atoms with Crippen LogP contribution in [-0.4, -0.2) is 42.3 Å². The highest BCUT2D eigenvalue weighted by Crippen LogP contribution is 2.42. The van der Waals surface area contributed by atoms with Crippen LogP contribution in [0.3, 0.4) is 0 Å². The van der Waals surface area contributed by atoms with E-state index in [9.17, 15) is 39.6 Å². The van der Waals surface area contributed by atoms with Crippen LogP contribution in [0.15, 0.2) is 76.1 Å². The summed E-state index contributed by atoms with van der Waals surface area (Å²) in [5.74, 6) is -1.87. The maximum Gasteiger partial charge on any atom is 0.417 e. The largest absolute Gasteiger partial charge is 0.486 e. The topological polar surface area (TPSA) is 123 Å². The van der Waals surface area contributed by atoms with Gasteiger partial charge < -0.3 is 14.4 Å². The van der Waals surface area contributed by atoms with Crippen molar-refractivity contribution in [3.05, 3.63) is 77.9 Å². The number of benzene rings is 3. The molecule has 2 heterocycles. The van der Waals surface area contributed by atoms with Gasteiger partial charge in [-0.1, -0.05) is 23.4 Å². The summed E-state index contributed by atoms with van der Waals surface area (Å²) in [4.78, 5) is 14.5. The average molecular weight is 628 g/mol. The van der Waals surface area contributed by atoms with Crippen molar-refractivity contribution in [3.8, 4) is 28.6 Å². The molecule has 0 aliphatic carbocycles. The number of sulfonamides is 1. The highest BCUT2D eigenvalue weighted by Gasteiger charge is 2.38. The molecule has 1 aliphatic heterocycles. The summed E-state index contributed by atoms with van der Waals surface area (Å²) >= 11 is 0. The van der Waals surface area contributed by atoms with Crippen LogP contribution in [-0.2, 0) is 27.2 Å². The van der Waals surface area contributed by atoms with Crippen LogP contribution in [0.25, 0.3) is 22.8 Å². The van der Waals surface area contributed by atoms with Gasteiger partial charge in [-0.2, -0.15) is 31.3 Å². The molecule has 43 heavy (non-hydrogen) atoms. The predicted octanol–water partition coefficient (Wildman–Crippen LogP) is 6.26. The first kappa shape index (κ1) is 29.9. The Morgan fingerprint density at radius 2 is 1.72 bits per heavy atom. The van der Waals surface area contributed by atoms with Crippen molar-refractivity contribution in [1.82, 2.24) is 10.1 Å². The fourth-order valence-electron chi connectivity index (χ4n) is 4.44. The van der Waals surface area contributed by atoms with Crippen LogP contribution >= 0.6 is 0 Å². The van der Waals surface area contributed by atoms with Crippen LogP contribution in [0.1, 0.15) is 24.0 Å². The van der Waals surface area contributed by atoms with Gasteiger partial charge in [0, 0.05) is 12.0 Å². The lowest BCUT2D eigenvalue weighted by Crippen LogP contribution is -2.43. The minimum absolute atomic E-state index is 0.0351. The number of ether oxygens (including phenoxy) is 1. The second-order valence-electron chi connectivity index (χ2n) is 9.38. The molecular weight excluding hydrogens is 608 g/mol. The molecular formula is C27H19F6N3O6S. The maximum atomic E-state index is 13.7. The number of anilines is 1. The summed E-state index contributed by atoms with van der Waals surface area (Å²) < 4.78 is 120. The van der Waals surface area contributed by atoms with Gasteiger partial charge in [-0.25, -0.2) is 8.42 Å². The highest BCUT2D eigenvalue weighted by molar-refractivity contribution is 7.92. The minimum Gasteiger partial charge on any atom is -0.486 e. The van der Waals surface area contributed by atoms with E-state index < -0.39 is 62.9 Å². The van der Waals surface area contributed by atoms with Gasteiger partial charge >= 0.3 is 18.3 Å². The molecule has 0 saturated carbocycles. The zero-order valence-corrected chi connectivity index (χ0v) is 22.4. The number of carboxylic acids is 1. The second kappa shape index (κ2) is 10.9. The van der Waals surface area contributed by atoms with Crippen LogP contribution in [0.5, 0.6) is 5.75 Å². The molecule has 0 radical (unpaired) electrons. The van der Waals surface area contributed by atoms with E-state index in [1.54, 1.807) is 0 Å². The van der Waals surface area contributed by atoms with Crippen LogP contribution < -0.4 is 9.04 Å². The van der Waals surface area contributed by atoms with E-state index in [-0.39, 0.29) is 41.2 Å². The molecule has 0 bridgehead atoms. The van der Waals surface area contributed by atoms with Crippen molar-refractivity contribution in [2.45, 2.75) is 36.2 Å². The number of rotatable bonds is 7. The lowest BCUT2D eigenvalue weighted by Gasteiger charge is -2.35. The number of hydrogen-bond donors (Lipinski definition) is 1. The van der Waals surface area contributed by atoms with Crippen molar-refractivity contribution >= 4 is 21.7 Å². The minimum atomic E-state index is -4.83. The van der Waals surface area contributed by atoms with Gasteiger partial charge in [0.25, 0.3) is 15.9 Å². The molecule has 1 aliphatic rings. The third-order valence-corrected chi connectivity index (χ3v) is 8.24. The van der Waals surface area contributed by atoms with Crippen LogP contribution in [0, 0.1) is 0 Å². The second-order valence-corrected chi connectivity index (χ2v) is 11.2. The molecule has 226 valence electrons. The summed E-state index contributed by atoms with van der Waals surface area (Å²) in [5, 5.41) is 12.8. The number of nitrogens with zero attached hydrogens (tertiary/aromatic N) is 3. The fourth-order valence-corrected chi connectivity index (χ4v) is 5.99. The molecule has 0 saturated heterocycles. The van der Waals surface area contributed by atoms with Gasteiger partial charge in [0.15, 0.2) is 0 Å². The Kier molecular flexibility index (Phi) is 7.58. The number of carboxylic acid groups (broad SMARTS) is 1. The highest BCUT2D eigenvalue weighted by atomic mass is 32.2. The molecule has 4 aromatic rings. The van der Waals surface area contributed by atoms with Crippen LogP contribution in [0.2, 0.25) is 0 Å². The summed E-state index contributed by atoms with van der Waals surface area (Å²) in [6, 6.07) is 11.6. The molecule has 16 heteroatoms. The van der Waals surface area contributed by atoms with E-state index in [4.69, 9.17) is 14.4 Å². The molecule has 1 aromatic heterocycles. The van der Waals surface area contributed by atoms with Gasteiger partial charge in [0.1, 0.15) is 11.9 Å². The van der Waals surface area contributed by atoms with Crippen molar-refractivity contribution < 1.29 is 53.9 Å². The van der Waals surface area contributed by atoms with Gasteiger partial charge in [-0.3, -0.25) is 9.10 Å². The fraction of sp³-hybridized carbons (Fsp3) is 0.222. The molecule has 1 N–H and O–H groups in total.